The Morgan fingerprint density at radius 3 is 3.00 bits per heavy atom. The van der Waals surface area contributed by atoms with Crippen LogP contribution in [0.5, 0.6) is 5.75 Å². The quantitative estimate of drug-likeness (QED) is 0.623. The summed E-state index contributed by atoms with van der Waals surface area (Å²) >= 11 is 0. The molecule has 0 radical (unpaired) electrons. The van der Waals surface area contributed by atoms with E-state index in [2.05, 4.69) is 5.32 Å². The molecule has 1 aliphatic rings. The molecule has 2 rings (SSSR count). The number of ether oxygens (including phenoxy) is 1. The maximum absolute atomic E-state index is 11.5. The summed E-state index contributed by atoms with van der Waals surface area (Å²) in [5.74, 6) is 0.182. The number of anilines is 1. The molecule has 0 fully saturated rings. The van der Waals surface area contributed by atoms with Gasteiger partial charge < -0.3 is 20.9 Å². The highest BCUT2D eigenvalue weighted by Gasteiger charge is 2.32. The lowest BCUT2D eigenvalue weighted by molar-refractivity contribution is -0.128. The van der Waals surface area contributed by atoms with Gasteiger partial charge in [-0.2, -0.15) is 0 Å². The molecule has 2 unspecified atom stereocenters. The SMILES string of the molecule is NCC(O)C1Oc2ccccc2NC1=O. The number of nitrogens with two attached hydrogens (primary N) is 1. The van der Waals surface area contributed by atoms with Crippen LogP contribution in [0.15, 0.2) is 24.3 Å². The van der Waals surface area contributed by atoms with Crippen molar-refractivity contribution in [3.05, 3.63) is 24.3 Å². The van der Waals surface area contributed by atoms with E-state index in [1.807, 2.05) is 0 Å². The molecule has 80 valence electrons. The van der Waals surface area contributed by atoms with E-state index in [0.29, 0.717) is 11.4 Å². The molecule has 15 heavy (non-hydrogen) atoms. The fourth-order valence-electron chi connectivity index (χ4n) is 1.44. The van der Waals surface area contributed by atoms with Gasteiger partial charge in [0.25, 0.3) is 5.91 Å². The third-order valence-corrected chi connectivity index (χ3v) is 2.25. The first-order valence-electron chi connectivity index (χ1n) is 4.67. The van der Waals surface area contributed by atoms with Crippen LogP contribution in [-0.4, -0.2) is 29.8 Å². The third-order valence-electron chi connectivity index (χ3n) is 2.25. The number of nitrogens with one attached hydrogen (secondary N) is 1. The molecule has 1 aromatic carbocycles. The topological polar surface area (TPSA) is 84.6 Å². The van der Waals surface area contributed by atoms with Crippen molar-refractivity contribution in [1.29, 1.82) is 0 Å². The minimum Gasteiger partial charge on any atom is -0.476 e. The molecular formula is C10H12N2O3. The third kappa shape index (κ3) is 1.79. The first-order chi connectivity index (χ1) is 7.22. The number of aliphatic hydroxyl groups excluding tert-OH is 1. The zero-order chi connectivity index (χ0) is 10.8. The molecule has 0 aliphatic carbocycles. The largest absolute Gasteiger partial charge is 0.476 e. The molecule has 0 bridgehead atoms. The molecule has 2 atom stereocenters. The maximum Gasteiger partial charge on any atom is 0.268 e. The minimum absolute atomic E-state index is 0.0136. The van der Waals surface area contributed by atoms with Gasteiger partial charge in [-0.15, -0.1) is 0 Å². The van der Waals surface area contributed by atoms with E-state index in [9.17, 15) is 9.90 Å². The van der Waals surface area contributed by atoms with Crippen molar-refractivity contribution in [1.82, 2.24) is 0 Å². The molecule has 5 heteroatoms. The van der Waals surface area contributed by atoms with E-state index in [-0.39, 0.29) is 12.5 Å². The van der Waals surface area contributed by atoms with Gasteiger partial charge in [0.15, 0.2) is 0 Å². The van der Waals surface area contributed by atoms with E-state index in [4.69, 9.17) is 10.5 Å². The van der Waals surface area contributed by atoms with Crippen molar-refractivity contribution in [3.8, 4) is 5.75 Å². The number of para-hydroxylation sites is 2. The molecule has 1 heterocycles. The van der Waals surface area contributed by atoms with E-state index in [1.165, 1.54) is 0 Å². The summed E-state index contributed by atoms with van der Waals surface area (Å²) in [6, 6.07) is 7.05. The Bertz CT molecular complexity index is 381. The Morgan fingerprint density at radius 1 is 1.53 bits per heavy atom. The predicted octanol–water partition coefficient (Wildman–Crippen LogP) is -0.294. The highest BCUT2D eigenvalue weighted by atomic mass is 16.5. The Morgan fingerprint density at radius 2 is 2.27 bits per heavy atom. The summed E-state index contributed by atoms with van der Waals surface area (Å²) < 4.78 is 5.35. The van der Waals surface area contributed by atoms with Crippen LogP contribution in [-0.2, 0) is 4.79 Å². The molecular weight excluding hydrogens is 196 g/mol. The van der Waals surface area contributed by atoms with Gasteiger partial charge in [0.1, 0.15) is 11.9 Å². The molecule has 0 saturated heterocycles. The van der Waals surface area contributed by atoms with Crippen molar-refractivity contribution in [2.24, 2.45) is 5.73 Å². The Hall–Kier alpha value is -1.59. The van der Waals surface area contributed by atoms with Crippen LogP contribution in [0.2, 0.25) is 0 Å². The summed E-state index contributed by atoms with van der Waals surface area (Å²) in [6.07, 6.45) is -1.91. The van der Waals surface area contributed by atoms with Gasteiger partial charge in [-0.1, -0.05) is 12.1 Å². The van der Waals surface area contributed by atoms with Crippen molar-refractivity contribution in [2.75, 3.05) is 11.9 Å². The molecule has 0 saturated carbocycles. The lowest BCUT2D eigenvalue weighted by Gasteiger charge is -2.28. The van der Waals surface area contributed by atoms with E-state index < -0.39 is 12.2 Å². The summed E-state index contributed by atoms with van der Waals surface area (Å²) in [5.41, 5.74) is 5.89. The van der Waals surface area contributed by atoms with Crippen molar-refractivity contribution in [3.63, 3.8) is 0 Å². The molecule has 5 nitrogen and oxygen atoms in total. The number of rotatable bonds is 2. The van der Waals surface area contributed by atoms with Gasteiger partial charge in [-0.3, -0.25) is 4.79 Å². The summed E-state index contributed by atoms with van der Waals surface area (Å²) in [4.78, 5) is 11.5. The lowest BCUT2D eigenvalue weighted by Crippen LogP contribution is -2.48. The Balaban J connectivity index is 2.26. The van der Waals surface area contributed by atoms with E-state index in [1.54, 1.807) is 24.3 Å². The summed E-state index contributed by atoms with van der Waals surface area (Å²) in [5, 5.41) is 12.1. The van der Waals surface area contributed by atoms with Crippen LogP contribution in [0.1, 0.15) is 0 Å². The van der Waals surface area contributed by atoms with Gasteiger partial charge in [-0.25, -0.2) is 0 Å². The minimum atomic E-state index is -0.988. The van der Waals surface area contributed by atoms with Crippen molar-refractivity contribution >= 4 is 11.6 Å². The van der Waals surface area contributed by atoms with Crippen molar-refractivity contribution in [2.45, 2.75) is 12.2 Å². The number of benzene rings is 1. The van der Waals surface area contributed by atoms with Crippen LogP contribution in [0.3, 0.4) is 0 Å². The average molecular weight is 208 g/mol. The molecule has 4 N–H and O–H groups in total. The standard InChI is InChI=1S/C10H12N2O3/c11-5-7(13)9-10(14)12-6-3-1-2-4-8(6)15-9/h1-4,7,9,13H,5,11H2,(H,12,14). The lowest BCUT2D eigenvalue weighted by atomic mass is 10.1. The second-order valence-corrected chi connectivity index (χ2v) is 3.33. The average Bonchev–Trinajstić information content (AvgIpc) is 2.27. The fourth-order valence-corrected chi connectivity index (χ4v) is 1.44. The number of hydrogen-bond donors (Lipinski definition) is 3. The number of carbonyl (C=O) groups excluding carboxylic acids is 1. The zero-order valence-electron chi connectivity index (χ0n) is 8.01. The zero-order valence-corrected chi connectivity index (χ0v) is 8.01. The normalized spacial score (nSPS) is 21.2. The number of amides is 1. The van der Waals surface area contributed by atoms with Gasteiger partial charge in [-0.05, 0) is 12.1 Å². The molecule has 1 aromatic rings. The summed E-state index contributed by atoms with van der Waals surface area (Å²) in [7, 11) is 0. The molecule has 1 aliphatic heterocycles. The van der Waals surface area contributed by atoms with Gasteiger partial charge in [0.05, 0.1) is 5.69 Å². The van der Waals surface area contributed by atoms with Gasteiger partial charge in [0.2, 0.25) is 6.10 Å². The van der Waals surface area contributed by atoms with Crippen LogP contribution in [0.4, 0.5) is 5.69 Å². The maximum atomic E-state index is 11.5. The number of carbonyl (C=O) groups is 1. The Kier molecular flexibility index (Phi) is 2.57. The first-order valence-corrected chi connectivity index (χ1v) is 4.67. The number of fused-ring (bicyclic) bond motifs is 1. The fraction of sp³-hybridized carbons (Fsp3) is 0.300. The first kappa shape index (κ1) is 9.95. The second kappa shape index (κ2) is 3.88. The van der Waals surface area contributed by atoms with Crippen LogP contribution in [0.25, 0.3) is 0 Å². The van der Waals surface area contributed by atoms with Crippen LogP contribution >= 0.6 is 0 Å². The predicted molar refractivity (Wildman–Crippen MR) is 54.5 cm³/mol. The number of hydrogen-bond acceptors (Lipinski definition) is 4. The monoisotopic (exact) mass is 208 g/mol. The highest BCUT2D eigenvalue weighted by molar-refractivity contribution is 5.98. The molecule has 1 amide bonds. The molecule has 0 spiro atoms. The second-order valence-electron chi connectivity index (χ2n) is 3.33. The van der Waals surface area contributed by atoms with Crippen LogP contribution in [0, 0.1) is 0 Å². The van der Waals surface area contributed by atoms with E-state index in [0.717, 1.165) is 0 Å². The van der Waals surface area contributed by atoms with Crippen molar-refractivity contribution < 1.29 is 14.6 Å². The molecule has 0 aromatic heterocycles. The Labute approximate surface area is 86.8 Å². The summed E-state index contributed by atoms with van der Waals surface area (Å²) in [6.45, 7) is -0.0136. The van der Waals surface area contributed by atoms with E-state index >= 15 is 0 Å². The highest BCUT2D eigenvalue weighted by Crippen LogP contribution is 2.29. The van der Waals surface area contributed by atoms with Crippen LogP contribution < -0.4 is 15.8 Å². The smallest absolute Gasteiger partial charge is 0.268 e. The number of aliphatic hydroxyl groups is 1. The van der Waals surface area contributed by atoms with Gasteiger partial charge in [0, 0.05) is 6.54 Å². The van der Waals surface area contributed by atoms with Gasteiger partial charge >= 0.3 is 0 Å².